The van der Waals surface area contributed by atoms with Gasteiger partial charge in [0.15, 0.2) is 11.5 Å². The second-order valence-electron chi connectivity index (χ2n) is 5.47. The molecule has 1 aromatic rings. The van der Waals surface area contributed by atoms with Crippen molar-refractivity contribution in [2.24, 2.45) is 17.8 Å². The summed E-state index contributed by atoms with van der Waals surface area (Å²) in [6.45, 7) is 2.03. The van der Waals surface area contributed by atoms with Gasteiger partial charge in [0.25, 0.3) is 0 Å². The molecule has 2 aliphatic rings. The summed E-state index contributed by atoms with van der Waals surface area (Å²) in [5.74, 6) is -0.151. The average Bonchev–Trinajstić information content (AvgIpc) is 2.43. The number of allylic oxidation sites excluding steroid dienone is 2. The molecule has 0 aliphatic heterocycles. The van der Waals surface area contributed by atoms with E-state index in [1.54, 1.807) is 0 Å². The number of rotatable bonds is 2. The molecule has 1 saturated carbocycles. The Balaban J connectivity index is 1.96. The predicted molar refractivity (Wildman–Crippen MR) is 75.4 cm³/mol. The molecule has 0 unspecified atom stereocenters. The Bertz CT molecular complexity index is 603. The number of methoxy groups -OCH3 is 1. The molecule has 0 spiro atoms. The highest BCUT2D eigenvalue weighted by atomic mass is 35.5. The van der Waals surface area contributed by atoms with E-state index in [4.69, 9.17) is 16.3 Å². The maximum Gasteiger partial charge on any atom is 0.201 e. The van der Waals surface area contributed by atoms with Crippen molar-refractivity contribution in [1.29, 1.82) is 0 Å². The molecule has 0 bridgehead atoms. The standard InChI is InChI=1S/C16H15ClO3/c1-8-13(9-3-5-10(17)6-4-9)15-14(8)11(18)7-12(20-2)16(15)19/h3-8,13-15H,1-2H3/t8-,13+,14+,15+/m1/s1. The zero-order valence-corrected chi connectivity index (χ0v) is 12.1. The molecule has 0 amide bonds. The summed E-state index contributed by atoms with van der Waals surface area (Å²) >= 11 is 5.90. The van der Waals surface area contributed by atoms with Crippen LogP contribution in [-0.4, -0.2) is 18.7 Å². The van der Waals surface area contributed by atoms with Gasteiger partial charge >= 0.3 is 0 Å². The van der Waals surface area contributed by atoms with Gasteiger partial charge in [-0.1, -0.05) is 30.7 Å². The van der Waals surface area contributed by atoms with Gasteiger partial charge in [0, 0.05) is 22.9 Å². The van der Waals surface area contributed by atoms with Gasteiger partial charge in [0.1, 0.15) is 0 Å². The molecular formula is C16H15ClO3. The molecule has 2 aliphatic carbocycles. The normalized spacial score (nSPS) is 32.2. The lowest BCUT2D eigenvalue weighted by Gasteiger charge is -2.50. The molecule has 4 atom stereocenters. The van der Waals surface area contributed by atoms with Gasteiger partial charge in [-0.05, 0) is 29.5 Å². The fourth-order valence-electron chi connectivity index (χ4n) is 3.53. The second-order valence-corrected chi connectivity index (χ2v) is 5.90. The van der Waals surface area contributed by atoms with E-state index in [1.165, 1.54) is 13.2 Å². The maximum atomic E-state index is 12.4. The van der Waals surface area contributed by atoms with Crippen LogP contribution in [-0.2, 0) is 14.3 Å². The fourth-order valence-corrected chi connectivity index (χ4v) is 3.66. The molecule has 1 aromatic carbocycles. The lowest BCUT2D eigenvalue weighted by atomic mass is 9.51. The second kappa shape index (κ2) is 4.74. The van der Waals surface area contributed by atoms with E-state index >= 15 is 0 Å². The number of ether oxygens (including phenoxy) is 1. The average molecular weight is 291 g/mol. The Morgan fingerprint density at radius 2 is 1.70 bits per heavy atom. The Labute approximate surface area is 122 Å². The van der Waals surface area contributed by atoms with Crippen LogP contribution in [0, 0.1) is 17.8 Å². The Hall–Kier alpha value is -1.61. The van der Waals surface area contributed by atoms with Crippen LogP contribution >= 0.6 is 11.6 Å². The zero-order chi connectivity index (χ0) is 14.4. The van der Waals surface area contributed by atoms with Crippen LogP contribution in [0.5, 0.6) is 0 Å². The number of ketones is 2. The number of carbonyl (C=O) groups excluding carboxylic acids is 2. The summed E-state index contributed by atoms with van der Waals surface area (Å²) < 4.78 is 5.03. The minimum atomic E-state index is -0.293. The van der Waals surface area contributed by atoms with Crippen molar-refractivity contribution in [1.82, 2.24) is 0 Å². The lowest BCUT2D eigenvalue weighted by molar-refractivity contribution is -0.144. The van der Waals surface area contributed by atoms with Crippen molar-refractivity contribution in [2.75, 3.05) is 7.11 Å². The first-order valence-corrected chi connectivity index (χ1v) is 7.01. The third-order valence-corrected chi connectivity index (χ3v) is 4.78. The maximum absolute atomic E-state index is 12.4. The van der Waals surface area contributed by atoms with Crippen LogP contribution in [0.15, 0.2) is 36.1 Å². The number of halogens is 1. The summed E-state index contributed by atoms with van der Waals surface area (Å²) in [7, 11) is 1.43. The van der Waals surface area contributed by atoms with Gasteiger partial charge in [-0.3, -0.25) is 9.59 Å². The third-order valence-electron chi connectivity index (χ3n) is 4.53. The first-order valence-electron chi connectivity index (χ1n) is 6.64. The number of benzene rings is 1. The van der Waals surface area contributed by atoms with E-state index in [9.17, 15) is 9.59 Å². The highest BCUT2D eigenvalue weighted by molar-refractivity contribution is 6.30. The number of Topliss-reactive ketones (excluding diaryl/α,β-unsaturated/α-hetero) is 1. The molecule has 4 heteroatoms. The number of carbonyl (C=O) groups is 2. The summed E-state index contributed by atoms with van der Waals surface area (Å²) in [5.41, 5.74) is 1.06. The van der Waals surface area contributed by atoms with Gasteiger partial charge in [0.05, 0.1) is 7.11 Å². The number of fused-ring (bicyclic) bond motifs is 1. The van der Waals surface area contributed by atoms with Gasteiger partial charge in [-0.2, -0.15) is 0 Å². The van der Waals surface area contributed by atoms with Crippen molar-refractivity contribution in [3.8, 4) is 0 Å². The van der Waals surface area contributed by atoms with E-state index in [2.05, 4.69) is 0 Å². The molecule has 1 fully saturated rings. The van der Waals surface area contributed by atoms with Crippen molar-refractivity contribution in [3.63, 3.8) is 0 Å². The molecule has 0 N–H and O–H groups in total. The Kier molecular flexibility index (Phi) is 3.17. The molecular weight excluding hydrogens is 276 g/mol. The van der Waals surface area contributed by atoms with E-state index in [-0.39, 0.29) is 41.0 Å². The minimum Gasteiger partial charge on any atom is -0.493 e. The predicted octanol–water partition coefficient (Wildman–Crippen LogP) is 2.99. The SMILES string of the molecule is COC1=CC(=O)[C@@H]2[C@H](C)[C@@H](c3ccc(Cl)cc3)[C@@H]2C1=O. The smallest absolute Gasteiger partial charge is 0.201 e. The topological polar surface area (TPSA) is 43.4 Å². The first kappa shape index (κ1) is 13.4. The molecule has 3 rings (SSSR count). The number of hydrogen-bond donors (Lipinski definition) is 0. The summed E-state index contributed by atoms with van der Waals surface area (Å²) in [6.07, 6.45) is 1.35. The fraction of sp³-hybridized carbons (Fsp3) is 0.375. The van der Waals surface area contributed by atoms with Crippen molar-refractivity contribution in [3.05, 3.63) is 46.7 Å². The highest BCUT2D eigenvalue weighted by Crippen LogP contribution is 2.55. The largest absolute Gasteiger partial charge is 0.493 e. The molecule has 0 heterocycles. The molecule has 104 valence electrons. The summed E-state index contributed by atoms with van der Waals surface area (Å²) in [4.78, 5) is 24.5. The first-order chi connectivity index (χ1) is 9.54. The van der Waals surface area contributed by atoms with Crippen LogP contribution in [0.2, 0.25) is 5.02 Å². The van der Waals surface area contributed by atoms with Gasteiger partial charge in [-0.25, -0.2) is 0 Å². The monoisotopic (exact) mass is 290 g/mol. The molecule has 0 saturated heterocycles. The van der Waals surface area contributed by atoms with Gasteiger partial charge in [-0.15, -0.1) is 0 Å². The number of hydrogen-bond acceptors (Lipinski definition) is 3. The summed E-state index contributed by atoms with van der Waals surface area (Å²) in [5, 5.41) is 0.667. The molecule has 0 radical (unpaired) electrons. The zero-order valence-electron chi connectivity index (χ0n) is 11.3. The van der Waals surface area contributed by atoms with Crippen LogP contribution in [0.25, 0.3) is 0 Å². The van der Waals surface area contributed by atoms with Crippen molar-refractivity contribution >= 4 is 23.2 Å². The Morgan fingerprint density at radius 1 is 1.05 bits per heavy atom. The van der Waals surface area contributed by atoms with Crippen LogP contribution < -0.4 is 0 Å². The quantitative estimate of drug-likeness (QED) is 0.841. The lowest BCUT2D eigenvalue weighted by Crippen LogP contribution is -2.53. The van der Waals surface area contributed by atoms with Crippen molar-refractivity contribution < 1.29 is 14.3 Å². The molecule has 20 heavy (non-hydrogen) atoms. The Morgan fingerprint density at radius 3 is 2.30 bits per heavy atom. The minimum absolute atomic E-state index is 0.00386. The molecule has 3 nitrogen and oxygen atoms in total. The van der Waals surface area contributed by atoms with Crippen LogP contribution in [0.3, 0.4) is 0 Å². The van der Waals surface area contributed by atoms with E-state index in [1.807, 2.05) is 31.2 Å². The summed E-state index contributed by atoms with van der Waals surface area (Å²) in [6, 6.07) is 7.50. The van der Waals surface area contributed by atoms with E-state index in [0.717, 1.165) is 5.56 Å². The van der Waals surface area contributed by atoms with Gasteiger partial charge in [0.2, 0.25) is 5.78 Å². The highest BCUT2D eigenvalue weighted by Gasteiger charge is 2.57. The molecule has 0 aromatic heterocycles. The van der Waals surface area contributed by atoms with Crippen LogP contribution in [0.4, 0.5) is 0 Å². The van der Waals surface area contributed by atoms with E-state index < -0.39 is 0 Å². The van der Waals surface area contributed by atoms with Crippen molar-refractivity contribution in [2.45, 2.75) is 12.8 Å². The van der Waals surface area contributed by atoms with E-state index in [0.29, 0.717) is 5.02 Å². The van der Waals surface area contributed by atoms with Gasteiger partial charge < -0.3 is 4.74 Å². The van der Waals surface area contributed by atoms with Crippen LogP contribution in [0.1, 0.15) is 18.4 Å². The third kappa shape index (κ3) is 1.80.